The summed E-state index contributed by atoms with van der Waals surface area (Å²) in [5.74, 6) is -0.789. The molecule has 0 atom stereocenters. The first-order valence-electron chi connectivity index (χ1n) is 9.83. The number of ether oxygens (including phenoxy) is 1. The van der Waals surface area contributed by atoms with Crippen molar-refractivity contribution in [2.24, 2.45) is 0 Å². The molecule has 1 heterocycles. The molecule has 0 saturated carbocycles. The minimum Gasteiger partial charge on any atom is -0.456 e. The summed E-state index contributed by atoms with van der Waals surface area (Å²) in [5.41, 5.74) is 1.44. The molecule has 168 valence electrons. The second-order valence-electron chi connectivity index (χ2n) is 6.80. The minimum absolute atomic E-state index is 0.0288. The summed E-state index contributed by atoms with van der Waals surface area (Å²) < 4.78 is 33.0. The number of sulfonamides is 1. The fourth-order valence-electron chi connectivity index (χ4n) is 2.85. The molecule has 8 nitrogen and oxygen atoms in total. The molecule has 0 saturated heterocycles. The van der Waals surface area contributed by atoms with Gasteiger partial charge in [-0.1, -0.05) is 36.4 Å². The van der Waals surface area contributed by atoms with E-state index in [9.17, 15) is 18.0 Å². The Labute approximate surface area is 190 Å². The highest BCUT2D eigenvalue weighted by Crippen LogP contribution is 2.21. The van der Waals surface area contributed by atoms with Crippen molar-refractivity contribution >= 4 is 38.4 Å². The number of benzene rings is 2. The molecule has 1 amide bonds. The molecule has 0 fully saturated rings. The van der Waals surface area contributed by atoms with Gasteiger partial charge in [0.2, 0.25) is 15.9 Å². The lowest BCUT2D eigenvalue weighted by molar-refractivity contribution is -0.116. The van der Waals surface area contributed by atoms with E-state index >= 15 is 0 Å². The van der Waals surface area contributed by atoms with Crippen molar-refractivity contribution in [1.29, 1.82) is 0 Å². The zero-order valence-corrected chi connectivity index (χ0v) is 19.3. The normalized spacial score (nSPS) is 11.2. The van der Waals surface area contributed by atoms with Crippen LogP contribution in [0.25, 0.3) is 0 Å². The van der Waals surface area contributed by atoms with E-state index in [1.54, 1.807) is 5.38 Å². The van der Waals surface area contributed by atoms with Gasteiger partial charge in [0.1, 0.15) is 6.61 Å². The average molecular weight is 474 g/mol. The number of hydrogen-bond acceptors (Lipinski definition) is 7. The van der Waals surface area contributed by atoms with Crippen LogP contribution in [0.4, 0.5) is 5.13 Å². The molecular weight excluding hydrogens is 450 g/mol. The number of esters is 1. The number of amides is 1. The Morgan fingerprint density at radius 1 is 1.12 bits per heavy atom. The predicted octanol–water partition coefficient (Wildman–Crippen LogP) is 3.35. The van der Waals surface area contributed by atoms with Crippen LogP contribution in [0.3, 0.4) is 0 Å². The van der Waals surface area contributed by atoms with E-state index in [1.165, 1.54) is 47.4 Å². The number of aromatic nitrogens is 1. The summed E-state index contributed by atoms with van der Waals surface area (Å²) in [5, 5.41) is 2.24. The van der Waals surface area contributed by atoms with E-state index in [4.69, 9.17) is 4.74 Å². The summed E-state index contributed by atoms with van der Waals surface area (Å²) >= 11 is 1.28. The highest BCUT2D eigenvalue weighted by atomic mass is 32.2. The number of nitrogens with zero attached hydrogens (tertiary/aromatic N) is 2. The molecule has 32 heavy (non-hydrogen) atoms. The van der Waals surface area contributed by atoms with Gasteiger partial charge < -0.3 is 4.74 Å². The molecule has 0 aliphatic heterocycles. The van der Waals surface area contributed by atoms with E-state index < -0.39 is 16.0 Å². The van der Waals surface area contributed by atoms with Crippen LogP contribution in [-0.2, 0) is 32.7 Å². The van der Waals surface area contributed by atoms with Gasteiger partial charge in [-0.2, -0.15) is 0 Å². The molecule has 1 N–H and O–H groups in total. The van der Waals surface area contributed by atoms with Gasteiger partial charge in [0.25, 0.3) is 0 Å². The van der Waals surface area contributed by atoms with Gasteiger partial charge in [-0.25, -0.2) is 22.9 Å². The Hall–Kier alpha value is -3.08. The molecule has 2 aromatic carbocycles. The minimum atomic E-state index is -3.80. The molecular formula is C22H23N3O5S2. The van der Waals surface area contributed by atoms with E-state index in [1.807, 2.05) is 37.3 Å². The molecule has 0 spiro atoms. The summed E-state index contributed by atoms with van der Waals surface area (Å²) in [6.07, 6.45) is 0. The first-order chi connectivity index (χ1) is 15.3. The molecule has 0 radical (unpaired) electrons. The fraction of sp³-hybridized carbons (Fsp3) is 0.227. The molecule has 0 unspecified atom stereocenters. The monoisotopic (exact) mass is 473 g/mol. The second-order valence-corrected chi connectivity index (χ2v) is 9.40. The van der Waals surface area contributed by atoms with Crippen LogP contribution in [-0.4, -0.2) is 31.8 Å². The number of carbonyl (C=O) groups excluding carboxylic acids is 2. The highest BCUT2D eigenvalue weighted by Gasteiger charge is 2.18. The molecule has 3 aromatic rings. The maximum atomic E-state index is 12.6. The van der Waals surface area contributed by atoms with Gasteiger partial charge in [0.15, 0.2) is 5.13 Å². The third kappa shape index (κ3) is 6.00. The first kappa shape index (κ1) is 23.6. The first-order valence-corrected chi connectivity index (χ1v) is 12.2. The summed E-state index contributed by atoms with van der Waals surface area (Å²) in [4.78, 5) is 29.9. The zero-order valence-electron chi connectivity index (χ0n) is 17.6. The molecule has 0 aliphatic rings. The SMILES string of the molecule is CCN(C(C)=O)c1nc(COC(=O)c2cccc(S(=O)(=O)NCc3ccccc3)c2)cs1. The summed E-state index contributed by atoms with van der Waals surface area (Å²) in [6.45, 7) is 3.84. The molecule has 0 bridgehead atoms. The van der Waals surface area contributed by atoms with Crippen molar-refractivity contribution in [3.05, 3.63) is 76.8 Å². The number of anilines is 1. The lowest BCUT2D eigenvalue weighted by atomic mass is 10.2. The third-order valence-corrected chi connectivity index (χ3v) is 6.82. The second kappa shape index (κ2) is 10.5. The van der Waals surface area contributed by atoms with E-state index in [-0.39, 0.29) is 29.5 Å². The van der Waals surface area contributed by atoms with E-state index in [0.29, 0.717) is 17.4 Å². The van der Waals surface area contributed by atoms with Crippen molar-refractivity contribution in [2.45, 2.75) is 31.9 Å². The molecule has 1 aromatic heterocycles. The Morgan fingerprint density at radius 3 is 2.56 bits per heavy atom. The molecule has 0 aliphatic carbocycles. The van der Waals surface area contributed by atoms with Crippen molar-refractivity contribution in [3.8, 4) is 0 Å². The van der Waals surface area contributed by atoms with Gasteiger partial charge >= 0.3 is 5.97 Å². The number of nitrogens with one attached hydrogen (secondary N) is 1. The number of rotatable bonds is 9. The topological polar surface area (TPSA) is 106 Å². The summed E-state index contributed by atoms with van der Waals surface area (Å²) in [6, 6.07) is 14.8. The lowest BCUT2D eigenvalue weighted by Gasteiger charge is -2.14. The van der Waals surface area contributed by atoms with E-state index in [0.717, 1.165) is 5.56 Å². The standard InChI is InChI=1S/C22H23N3O5S2/c1-3-25(16(2)26)22-24-19(15-31-22)14-30-21(27)18-10-7-11-20(12-18)32(28,29)23-13-17-8-5-4-6-9-17/h4-12,15,23H,3,13-14H2,1-2H3. The zero-order chi connectivity index (χ0) is 23.1. The summed E-state index contributed by atoms with van der Waals surface area (Å²) in [7, 11) is -3.80. The molecule has 10 heteroatoms. The highest BCUT2D eigenvalue weighted by molar-refractivity contribution is 7.89. The van der Waals surface area contributed by atoms with Gasteiger partial charge in [0, 0.05) is 25.4 Å². The van der Waals surface area contributed by atoms with Crippen LogP contribution in [0, 0.1) is 0 Å². The largest absolute Gasteiger partial charge is 0.456 e. The predicted molar refractivity (Wildman–Crippen MR) is 122 cm³/mol. The average Bonchev–Trinajstić information content (AvgIpc) is 3.25. The maximum absolute atomic E-state index is 12.6. The van der Waals surface area contributed by atoms with Crippen molar-refractivity contribution in [1.82, 2.24) is 9.71 Å². The van der Waals surface area contributed by atoms with Crippen LogP contribution in [0.2, 0.25) is 0 Å². The third-order valence-electron chi connectivity index (χ3n) is 4.51. The Morgan fingerprint density at radius 2 is 1.88 bits per heavy atom. The van der Waals surface area contributed by atoms with Gasteiger partial charge in [-0.05, 0) is 30.7 Å². The Kier molecular flexibility index (Phi) is 7.73. The van der Waals surface area contributed by atoms with Gasteiger partial charge in [-0.3, -0.25) is 9.69 Å². The van der Waals surface area contributed by atoms with Crippen LogP contribution < -0.4 is 9.62 Å². The van der Waals surface area contributed by atoms with Gasteiger partial charge in [0.05, 0.1) is 16.2 Å². The lowest BCUT2D eigenvalue weighted by Crippen LogP contribution is -2.27. The maximum Gasteiger partial charge on any atom is 0.338 e. The van der Waals surface area contributed by atoms with Crippen LogP contribution in [0.1, 0.15) is 35.5 Å². The van der Waals surface area contributed by atoms with Crippen molar-refractivity contribution < 1.29 is 22.7 Å². The van der Waals surface area contributed by atoms with Crippen LogP contribution in [0.15, 0.2) is 64.9 Å². The smallest absolute Gasteiger partial charge is 0.338 e. The van der Waals surface area contributed by atoms with Crippen molar-refractivity contribution in [2.75, 3.05) is 11.4 Å². The molecule has 3 rings (SSSR count). The van der Waals surface area contributed by atoms with Crippen LogP contribution >= 0.6 is 11.3 Å². The quantitative estimate of drug-likeness (QED) is 0.478. The van der Waals surface area contributed by atoms with Crippen molar-refractivity contribution in [3.63, 3.8) is 0 Å². The Balaban J connectivity index is 1.64. The number of hydrogen-bond donors (Lipinski definition) is 1. The number of carbonyl (C=O) groups is 2. The van der Waals surface area contributed by atoms with Crippen LogP contribution in [0.5, 0.6) is 0 Å². The number of thiazole rings is 1. The van der Waals surface area contributed by atoms with E-state index in [2.05, 4.69) is 9.71 Å². The Bertz CT molecular complexity index is 1190. The van der Waals surface area contributed by atoms with Gasteiger partial charge in [-0.15, -0.1) is 11.3 Å². The fourth-order valence-corrected chi connectivity index (χ4v) is 4.83.